The van der Waals surface area contributed by atoms with Crippen LogP contribution in [-0.2, 0) is 6.54 Å². The molecule has 3 rings (SSSR count). The van der Waals surface area contributed by atoms with Crippen LogP contribution < -0.4 is 0 Å². The van der Waals surface area contributed by atoms with Crippen molar-refractivity contribution in [3.8, 4) is 11.1 Å². The van der Waals surface area contributed by atoms with E-state index in [9.17, 15) is 0 Å². The molecule has 0 aromatic heterocycles. The highest BCUT2D eigenvalue weighted by atomic mass is 15.1. The number of hydrogen-bond donors (Lipinski definition) is 0. The molecule has 1 saturated heterocycles. The summed E-state index contributed by atoms with van der Waals surface area (Å²) < 4.78 is 0. The predicted molar refractivity (Wildman–Crippen MR) is 104 cm³/mol. The summed E-state index contributed by atoms with van der Waals surface area (Å²) in [6.07, 6.45) is 4.08. The van der Waals surface area contributed by atoms with Crippen molar-refractivity contribution < 1.29 is 0 Å². The van der Waals surface area contributed by atoms with Crippen molar-refractivity contribution in [3.05, 3.63) is 59.7 Å². The summed E-state index contributed by atoms with van der Waals surface area (Å²) in [6, 6.07) is 18.1. The van der Waals surface area contributed by atoms with Crippen LogP contribution in [0.3, 0.4) is 0 Å². The van der Waals surface area contributed by atoms with E-state index in [1.54, 1.807) is 0 Å². The van der Waals surface area contributed by atoms with Gasteiger partial charge in [0.15, 0.2) is 0 Å². The third kappa shape index (κ3) is 4.27. The normalized spacial score (nSPS) is 16.7. The van der Waals surface area contributed by atoms with Gasteiger partial charge in [-0.25, -0.2) is 0 Å². The summed E-state index contributed by atoms with van der Waals surface area (Å²) in [6.45, 7) is 10.4. The second kappa shape index (κ2) is 7.98. The minimum Gasteiger partial charge on any atom is -0.299 e. The first-order valence-electron chi connectivity index (χ1n) is 9.57. The van der Waals surface area contributed by atoms with E-state index in [4.69, 9.17) is 0 Å². The van der Waals surface area contributed by atoms with Crippen LogP contribution >= 0.6 is 0 Å². The highest BCUT2D eigenvalue weighted by Crippen LogP contribution is 2.26. The molecule has 2 aromatic rings. The van der Waals surface area contributed by atoms with Gasteiger partial charge in [0, 0.05) is 6.54 Å². The molecule has 0 bridgehead atoms. The van der Waals surface area contributed by atoms with E-state index in [-0.39, 0.29) is 0 Å². The lowest BCUT2D eigenvalue weighted by molar-refractivity contribution is 0.175. The third-order valence-electron chi connectivity index (χ3n) is 5.50. The topological polar surface area (TPSA) is 3.24 Å². The van der Waals surface area contributed by atoms with Crippen LogP contribution in [0.5, 0.6) is 0 Å². The Labute approximate surface area is 147 Å². The van der Waals surface area contributed by atoms with E-state index in [1.165, 1.54) is 54.6 Å². The first-order valence-corrected chi connectivity index (χ1v) is 9.57. The Bertz CT molecular complexity index is 651. The number of likely N-dealkylation sites (tertiary alicyclic amines) is 1. The Morgan fingerprint density at radius 2 is 1.62 bits per heavy atom. The number of nitrogens with zero attached hydrogens (tertiary/aromatic N) is 1. The molecule has 24 heavy (non-hydrogen) atoms. The molecule has 0 radical (unpaired) electrons. The van der Waals surface area contributed by atoms with Crippen molar-refractivity contribution in [2.45, 2.75) is 52.5 Å². The van der Waals surface area contributed by atoms with Crippen LogP contribution in [0.15, 0.2) is 48.5 Å². The van der Waals surface area contributed by atoms with Gasteiger partial charge >= 0.3 is 0 Å². The summed E-state index contributed by atoms with van der Waals surface area (Å²) in [5, 5.41) is 0. The van der Waals surface area contributed by atoms with E-state index in [0.717, 1.165) is 12.5 Å². The molecule has 1 aliphatic heterocycles. The van der Waals surface area contributed by atoms with Gasteiger partial charge in [-0.3, -0.25) is 4.90 Å². The van der Waals surface area contributed by atoms with Crippen molar-refractivity contribution >= 4 is 0 Å². The average molecular weight is 322 g/mol. The molecule has 1 heterocycles. The number of hydrogen-bond acceptors (Lipinski definition) is 1. The second-order valence-corrected chi connectivity index (χ2v) is 7.61. The first-order chi connectivity index (χ1) is 11.7. The first kappa shape index (κ1) is 17.2. The molecule has 0 atom stereocenters. The average Bonchev–Trinajstić information content (AvgIpc) is 2.63. The molecule has 1 heteroatoms. The zero-order chi connectivity index (χ0) is 16.9. The van der Waals surface area contributed by atoms with Gasteiger partial charge in [0.2, 0.25) is 0 Å². The van der Waals surface area contributed by atoms with Crippen molar-refractivity contribution in [2.24, 2.45) is 5.92 Å². The maximum Gasteiger partial charge on any atom is 0.0233 e. The number of piperidine rings is 1. The molecular weight excluding hydrogens is 290 g/mol. The fourth-order valence-corrected chi connectivity index (χ4v) is 3.74. The smallest absolute Gasteiger partial charge is 0.0233 e. The fourth-order valence-electron chi connectivity index (χ4n) is 3.74. The second-order valence-electron chi connectivity index (χ2n) is 7.61. The molecule has 0 N–H and O–H groups in total. The number of rotatable bonds is 5. The van der Waals surface area contributed by atoms with Crippen LogP contribution in [0.25, 0.3) is 11.1 Å². The van der Waals surface area contributed by atoms with Crippen LogP contribution in [0.2, 0.25) is 0 Å². The SMILES string of the molecule is CCC1CCN(Cc2cccc(-c3cccc(C(C)C)c3)c2)CC1. The molecule has 0 spiro atoms. The lowest BCUT2D eigenvalue weighted by Gasteiger charge is -2.31. The monoisotopic (exact) mass is 321 g/mol. The maximum absolute atomic E-state index is 2.62. The molecule has 0 amide bonds. The van der Waals surface area contributed by atoms with Gasteiger partial charge in [-0.1, -0.05) is 69.7 Å². The van der Waals surface area contributed by atoms with Crippen molar-refractivity contribution in [1.29, 1.82) is 0 Å². The van der Waals surface area contributed by atoms with Crippen molar-refractivity contribution in [3.63, 3.8) is 0 Å². The van der Waals surface area contributed by atoms with Gasteiger partial charge in [0.1, 0.15) is 0 Å². The molecule has 1 nitrogen and oxygen atoms in total. The van der Waals surface area contributed by atoms with Crippen LogP contribution in [0.1, 0.15) is 57.1 Å². The van der Waals surface area contributed by atoms with Gasteiger partial charge in [-0.15, -0.1) is 0 Å². The van der Waals surface area contributed by atoms with Crippen LogP contribution in [0, 0.1) is 5.92 Å². The van der Waals surface area contributed by atoms with Crippen LogP contribution in [0.4, 0.5) is 0 Å². The zero-order valence-corrected chi connectivity index (χ0v) is 15.5. The molecule has 128 valence electrons. The summed E-state index contributed by atoms with van der Waals surface area (Å²) in [5.74, 6) is 1.53. The highest BCUT2D eigenvalue weighted by molar-refractivity contribution is 5.65. The molecule has 0 unspecified atom stereocenters. The van der Waals surface area contributed by atoms with E-state index in [1.807, 2.05) is 0 Å². The third-order valence-corrected chi connectivity index (χ3v) is 5.50. The predicted octanol–water partition coefficient (Wildman–Crippen LogP) is 6.10. The summed E-state index contributed by atoms with van der Waals surface area (Å²) >= 11 is 0. The minimum absolute atomic E-state index is 0.577. The van der Waals surface area contributed by atoms with E-state index in [2.05, 4.69) is 74.2 Å². The minimum atomic E-state index is 0.577. The Morgan fingerprint density at radius 1 is 0.958 bits per heavy atom. The fraction of sp³-hybridized carbons (Fsp3) is 0.478. The van der Waals surface area contributed by atoms with E-state index < -0.39 is 0 Å². The zero-order valence-electron chi connectivity index (χ0n) is 15.5. The van der Waals surface area contributed by atoms with Gasteiger partial charge in [-0.2, -0.15) is 0 Å². The van der Waals surface area contributed by atoms with Gasteiger partial charge in [0.25, 0.3) is 0 Å². The Kier molecular flexibility index (Phi) is 5.73. The molecule has 0 aliphatic carbocycles. The highest BCUT2D eigenvalue weighted by Gasteiger charge is 2.17. The largest absolute Gasteiger partial charge is 0.299 e. The standard InChI is InChI=1S/C23H31N/c1-4-19-11-13-24(14-12-19)17-20-7-5-9-22(15-20)23-10-6-8-21(16-23)18(2)3/h5-10,15-16,18-19H,4,11-14,17H2,1-3H3. The Balaban J connectivity index is 1.71. The summed E-state index contributed by atoms with van der Waals surface area (Å²) in [7, 11) is 0. The lowest BCUT2D eigenvalue weighted by atomic mass is 9.94. The number of benzene rings is 2. The molecule has 2 aromatic carbocycles. The van der Waals surface area contributed by atoms with E-state index in [0.29, 0.717) is 5.92 Å². The summed E-state index contributed by atoms with van der Waals surface area (Å²) in [4.78, 5) is 2.62. The van der Waals surface area contributed by atoms with Crippen LogP contribution in [-0.4, -0.2) is 18.0 Å². The maximum atomic E-state index is 2.62. The molecule has 0 saturated carbocycles. The molecular formula is C23H31N. The Morgan fingerprint density at radius 3 is 2.29 bits per heavy atom. The quantitative estimate of drug-likeness (QED) is 0.643. The molecule has 1 aliphatic rings. The Hall–Kier alpha value is -1.60. The molecule has 1 fully saturated rings. The van der Waals surface area contributed by atoms with E-state index >= 15 is 0 Å². The van der Waals surface area contributed by atoms with Crippen molar-refractivity contribution in [2.75, 3.05) is 13.1 Å². The van der Waals surface area contributed by atoms with Crippen molar-refractivity contribution in [1.82, 2.24) is 4.90 Å². The van der Waals surface area contributed by atoms with Gasteiger partial charge in [0.05, 0.1) is 0 Å². The summed E-state index contributed by atoms with van der Waals surface area (Å²) in [5.41, 5.74) is 5.54. The van der Waals surface area contributed by atoms with Gasteiger partial charge in [-0.05, 0) is 66.1 Å². The van der Waals surface area contributed by atoms with Gasteiger partial charge < -0.3 is 0 Å². The lowest BCUT2D eigenvalue weighted by Crippen LogP contribution is -2.32.